The van der Waals surface area contributed by atoms with Crippen molar-refractivity contribution in [1.29, 1.82) is 0 Å². The summed E-state index contributed by atoms with van der Waals surface area (Å²) in [6.07, 6.45) is 2.84. The molecular formula is C15H18F3N3O. The summed E-state index contributed by atoms with van der Waals surface area (Å²) >= 11 is 0. The molecule has 1 aromatic rings. The van der Waals surface area contributed by atoms with Crippen molar-refractivity contribution in [3.05, 3.63) is 35.1 Å². The number of hydrogen-bond donors (Lipinski definition) is 1. The summed E-state index contributed by atoms with van der Waals surface area (Å²) < 4.78 is 44.8. The van der Waals surface area contributed by atoms with Crippen LogP contribution < -0.4 is 5.73 Å². The summed E-state index contributed by atoms with van der Waals surface area (Å²) in [5.74, 6) is -3.69. The Labute approximate surface area is 126 Å². The van der Waals surface area contributed by atoms with E-state index in [0.29, 0.717) is 12.8 Å². The van der Waals surface area contributed by atoms with E-state index in [0.717, 1.165) is 12.1 Å². The summed E-state index contributed by atoms with van der Waals surface area (Å²) in [4.78, 5) is 8.07. The Morgan fingerprint density at radius 2 is 1.95 bits per heavy atom. The van der Waals surface area contributed by atoms with Crippen molar-refractivity contribution < 1.29 is 17.9 Å². The summed E-state index contributed by atoms with van der Waals surface area (Å²) in [6, 6.07) is 1.89. The standard InChI is InChI=1S/C15H18F3N3O/c1-3-20-14(19)21-10-6-15(2,7-10)22-8-9-4-11(16)13(18)12(17)5-9/h3-5,10H,6-8H2,1-2H3,(H2,19,21)/b20-3+. The predicted octanol–water partition coefficient (Wildman–Crippen LogP) is 2.95. The Kier molecular flexibility index (Phi) is 4.85. The van der Waals surface area contributed by atoms with Gasteiger partial charge in [-0.25, -0.2) is 23.2 Å². The monoisotopic (exact) mass is 313 g/mol. The van der Waals surface area contributed by atoms with Crippen molar-refractivity contribution in [2.75, 3.05) is 0 Å². The minimum Gasteiger partial charge on any atom is -0.370 e. The van der Waals surface area contributed by atoms with Crippen LogP contribution in [0.2, 0.25) is 0 Å². The molecule has 0 amide bonds. The molecule has 22 heavy (non-hydrogen) atoms. The minimum absolute atomic E-state index is 0.00362. The smallest absolute Gasteiger partial charge is 0.215 e. The average Bonchev–Trinajstić information content (AvgIpc) is 2.41. The molecular weight excluding hydrogens is 295 g/mol. The fourth-order valence-electron chi connectivity index (χ4n) is 2.45. The van der Waals surface area contributed by atoms with Crippen LogP contribution in [0.25, 0.3) is 0 Å². The average molecular weight is 313 g/mol. The van der Waals surface area contributed by atoms with Crippen LogP contribution in [0, 0.1) is 17.5 Å². The molecule has 1 aromatic carbocycles. The quantitative estimate of drug-likeness (QED) is 0.528. The van der Waals surface area contributed by atoms with Gasteiger partial charge in [-0.3, -0.25) is 0 Å². The maximum atomic E-state index is 13.1. The second-order valence-electron chi connectivity index (χ2n) is 5.55. The van der Waals surface area contributed by atoms with Crippen LogP contribution in [0.3, 0.4) is 0 Å². The molecule has 2 N–H and O–H groups in total. The van der Waals surface area contributed by atoms with Gasteiger partial charge in [-0.15, -0.1) is 0 Å². The number of aliphatic imine (C=N–C) groups is 2. The van der Waals surface area contributed by atoms with Gasteiger partial charge in [-0.2, -0.15) is 0 Å². The molecule has 1 aliphatic rings. The van der Waals surface area contributed by atoms with Gasteiger partial charge in [0.05, 0.1) is 18.2 Å². The number of halogens is 3. The Morgan fingerprint density at radius 3 is 2.50 bits per heavy atom. The highest BCUT2D eigenvalue weighted by atomic mass is 19.2. The van der Waals surface area contributed by atoms with E-state index in [1.165, 1.54) is 0 Å². The highest BCUT2D eigenvalue weighted by Gasteiger charge is 2.41. The third-order valence-corrected chi connectivity index (χ3v) is 3.54. The number of guanidine groups is 1. The predicted molar refractivity (Wildman–Crippen MR) is 78.3 cm³/mol. The van der Waals surface area contributed by atoms with E-state index in [1.54, 1.807) is 13.1 Å². The first kappa shape index (κ1) is 16.5. The van der Waals surface area contributed by atoms with Gasteiger partial charge in [0.2, 0.25) is 5.96 Å². The molecule has 2 rings (SSSR count). The van der Waals surface area contributed by atoms with Gasteiger partial charge in [0.15, 0.2) is 17.5 Å². The topological polar surface area (TPSA) is 60.0 Å². The highest BCUT2D eigenvalue weighted by molar-refractivity contribution is 5.85. The summed E-state index contributed by atoms with van der Waals surface area (Å²) in [5.41, 5.74) is 5.40. The molecule has 0 aliphatic heterocycles. The molecule has 4 nitrogen and oxygen atoms in total. The molecule has 0 aromatic heterocycles. The van der Waals surface area contributed by atoms with E-state index < -0.39 is 23.1 Å². The van der Waals surface area contributed by atoms with Gasteiger partial charge in [0.25, 0.3) is 0 Å². The van der Waals surface area contributed by atoms with Crippen LogP contribution in [0.5, 0.6) is 0 Å². The molecule has 7 heteroatoms. The summed E-state index contributed by atoms with van der Waals surface area (Å²) in [6.45, 7) is 3.63. The van der Waals surface area contributed by atoms with Crippen molar-refractivity contribution >= 4 is 12.2 Å². The summed E-state index contributed by atoms with van der Waals surface area (Å²) in [5, 5.41) is 0. The van der Waals surface area contributed by atoms with Gasteiger partial charge in [-0.05, 0) is 44.4 Å². The Bertz CT molecular complexity index is 587. The van der Waals surface area contributed by atoms with Crippen LogP contribution in [0.1, 0.15) is 32.3 Å². The van der Waals surface area contributed by atoms with Gasteiger partial charge in [0, 0.05) is 6.21 Å². The lowest BCUT2D eigenvalue weighted by Crippen LogP contribution is -2.46. The fraction of sp³-hybridized carbons (Fsp3) is 0.467. The lowest BCUT2D eigenvalue weighted by molar-refractivity contribution is -0.104. The van der Waals surface area contributed by atoms with E-state index in [9.17, 15) is 13.2 Å². The van der Waals surface area contributed by atoms with Crippen molar-refractivity contribution in [1.82, 2.24) is 0 Å². The number of rotatable bonds is 4. The molecule has 0 heterocycles. The normalized spacial score (nSPS) is 25.5. The largest absolute Gasteiger partial charge is 0.370 e. The third-order valence-electron chi connectivity index (χ3n) is 3.54. The van der Waals surface area contributed by atoms with Crippen LogP contribution in [-0.4, -0.2) is 23.8 Å². The van der Waals surface area contributed by atoms with Gasteiger partial charge in [-0.1, -0.05) is 0 Å². The van der Waals surface area contributed by atoms with E-state index in [1.807, 2.05) is 6.92 Å². The first-order chi connectivity index (χ1) is 10.3. The van der Waals surface area contributed by atoms with E-state index >= 15 is 0 Å². The third kappa shape index (κ3) is 3.85. The lowest BCUT2D eigenvalue weighted by atomic mass is 9.77. The molecule has 0 unspecified atom stereocenters. The van der Waals surface area contributed by atoms with Gasteiger partial charge in [0.1, 0.15) is 0 Å². The van der Waals surface area contributed by atoms with Crippen molar-refractivity contribution in [3.63, 3.8) is 0 Å². The molecule has 0 atom stereocenters. The Balaban J connectivity index is 1.90. The van der Waals surface area contributed by atoms with E-state index in [-0.39, 0.29) is 24.2 Å². The SMILES string of the molecule is C/C=N/C(N)=NC1CC(C)(OCc2cc(F)c(F)c(F)c2)C1. The van der Waals surface area contributed by atoms with Crippen LogP contribution in [0.4, 0.5) is 13.2 Å². The maximum absolute atomic E-state index is 13.1. The maximum Gasteiger partial charge on any atom is 0.215 e. The molecule has 0 bridgehead atoms. The number of hydrogen-bond acceptors (Lipinski definition) is 2. The molecule has 1 fully saturated rings. The molecule has 1 saturated carbocycles. The molecule has 1 aliphatic carbocycles. The van der Waals surface area contributed by atoms with E-state index in [4.69, 9.17) is 10.5 Å². The van der Waals surface area contributed by atoms with Crippen LogP contribution >= 0.6 is 0 Å². The molecule has 0 spiro atoms. The zero-order chi connectivity index (χ0) is 16.3. The first-order valence-electron chi connectivity index (χ1n) is 6.92. The van der Waals surface area contributed by atoms with Crippen LogP contribution in [0.15, 0.2) is 22.1 Å². The minimum atomic E-state index is -1.47. The zero-order valence-corrected chi connectivity index (χ0v) is 12.4. The van der Waals surface area contributed by atoms with Gasteiger partial charge < -0.3 is 10.5 Å². The van der Waals surface area contributed by atoms with Crippen LogP contribution in [-0.2, 0) is 11.3 Å². The van der Waals surface area contributed by atoms with E-state index in [2.05, 4.69) is 9.98 Å². The van der Waals surface area contributed by atoms with Crippen molar-refractivity contribution in [2.24, 2.45) is 15.7 Å². The Morgan fingerprint density at radius 1 is 1.36 bits per heavy atom. The number of nitrogens with zero attached hydrogens (tertiary/aromatic N) is 2. The zero-order valence-electron chi connectivity index (χ0n) is 12.4. The highest BCUT2D eigenvalue weighted by Crippen LogP contribution is 2.38. The second kappa shape index (κ2) is 6.48. The lowest BCUT2D eigenvalue weighted by Gasteiger charge is -2.43. The second-order valence-corrected chi connectivity index (χ2v) is 5.55. The first-order valence-corrected chi connectivity index (χ1v) is 6.92. The van der Waals surface area contributed by atoms with Crippen molar-refractivity contribution in [2.45, 2.75) is 44.9 Å². The number of benzene rings is 1. The van der Waals surface area contributed by atoms with Gasteiger partial charge >= 0.3 is 0 Å². The molecule has 0 radical (unpaired) electrons. The summed E-state index contributed by atoms with van der Waals surface area (Å²) in [7, 11) is 0. The molecule has 120 valence electrons. The number of nitrogens with two attached hydrogens (primary N) is 1. The number of ether oxygens (including phenoxy) is 1. The van der Waals surface area contributed by atoms with Crippen molar-refractivity contribution in [3.8, 4) is 0 Å². The Hall–Kier alpha value is -1.89. The molecule has 0 saturated heterocycles. The fourth-order valence-corrected chi connectivity index (χ4v) is 2.45.